The molecule has 8 atom stereocenters. The molecule has 21 heteroatoms. The van der Waals surface area contributed by atoms with Crippen LogP contribution in [0.15, 0.2) is 77.8 Å². The average Bonchev–Trinajstić information content (AvgIpc) is 3.58. The van der Waals surface area contributed by atoms with Gasteiger partial charge in [-0.25, -0.2) is 13.9 Å². The van der Waals surface area contributed by atoms with Gasteiger partial charge in [-0.15, -0.1) is 0 Å². The molecule has 0 aromatic carbocycles. The quantitative estimate of drug-likeness (QED) is 0.0118. The molecule has 69 heavy (non-hydrogen) atoms. The number of nitrogens with zero attached hydrogens (tertiary/aromatic N) is 2. The van der Waals surface area contributed by atoms with Gasteiger partial charge in [-0.3, -0.25) is 23.2 Å². The molecule has 0 radical (unpaired) electrons. The fraction of sp³-hybridized carbons (Fsp3) is 0.667. The van der Waals surface area contributed by atoms with Crippen LogP contribution in [0.25, 0.3) is 0 Å². The highest BCUT2D eigenvalue weighted by atomic mass is 31.3. The van der Waals surface area contributed by atoms with E-state index in [1.165, 1.54) is 44.6 Å². The van der Waals surface area contributed by atoms with Crippen LogP contribution in [0.3, 0.4) is 0 Å². The number of carbonyl (C=O) groups is 2. The molecule has 2 heterocycles. The van der Waals surface area contributed by atoms with Crippen molar-refractivity contribution in [3.05, 3.63) is 83.5 Å². The summed E-state index contributed by atoms with van der Waals surface area (Å²) in [5.74, 6) is -1.42. The summed E-state index contributed by atoms with van der Waals surface area (Å²) < 4.78 is 56.6. The van der Waals surface area contributed by atoms with Crippen LogP contribution in [-0.4, -0.2) is 96.9 Å². The molecule has 1 fully saturated rings. The monoisotopic (exact) mass is 1020 g/mol. The number of carbonyl (C=O) groups excluding carboxylic acids is 2. The Labute approximate surface area is 407 Å². The van der Waals surface area contributed by atoms with E-state index in [0.717, 1.165) is 62.1 Å². The van der Waals surface area contributed by atoms with Gasteiger partial charge < -0.3 is 45.1 Å². The molecular formula is C48H79N3O16P2. The van der Waals surface area contributed by atoms with Gasteiger partial charge >= 0.3 is 33.3 Å². The van der Waals surface area contributed by atoms with Crippen LogP contribution in [-0.2, 0) is 46.3 Å². The number of aliphatic hydroxyl groups excluding tert-OH is 3. The number of nitrogen functional groups attached to an aromatic ring is 1. The van der Waals surface area contributed by atoms with E-state index >= 15 is 0 Å². The summed E-state index contributed by atoms with van der Waals surface area (Å²) in [5.41, 5.74) is 4.57. The average molecular weight is 1020 g/mol. The minimum atomic E-state index is -5.45. The molecule has 0 spiro atoms. The molecule has 0 aliphatic carbocycles. The Hall–Kier alpha value is -3.58. The number of nitrogens with two attached hydrogens (primary N) is 1. The van der Waals surface area contributed by atoms with Crippen LogP contribution in [0.4, 0.5) is 5.82 Å². The summed E-state index contributed by atoms with van der Waals surface area (Å²) in [6, 6.07) is 1.24. The number of rotatable bonds is 39. The van der Waals surface area contributed by atoms with Gasteiger partial charge in [-0.05, 0) is 76.7 Å². The lowest BCUT2D eigenvalue weighted by Crippen LogP contribution is -2.36. The van der Waals surface area contributed by atoms with E-state index < -0.39 is 89.8 Å². The fourth-order valence-corrected chi connectivity index (χ4v) is 8.90. The smallest absolute Gasteiger partial charge is 0.462 e. The van der Waals surface area contributed by atoms with Crippen molar-refractivity contribution >= 4 is 33.4 Å². The van der Waals surface area contributed by atoms with Gasteiger partial charge in [0.05, 0.1) is 19.3 Å². The number of unbranched alkanes of at least 4 members (excludes halogenated alkanes) is 13. The summed E-state index contributed by atoms with van der Waals surface area (Å²) in [4.78, 5) is 61.8. The van der Waals surface area contributed by atoms with Crippen LogP contribution in [0.2, 0.25) is 0 Å². The number of anilines is 1. The summed E-state index contributed by atoms with van der Waals surface area (Å²) in [6.45, 7) is 1.95. The number of hydrogen-bond acceptors (Lipinski definition) is 16. The highest BCUT2D eigenvalue weighted by Crippen LogP contribution is 2.60. The molecule has 2 unspecified atom stereocenters. The van der Waals surface area contributed by atoms with Crippen LogP contribution >= 0.6 is 15.6 Å². The number of esters is 2. The van der Waals surface area contributed by atoms with E-state index in [1.54, 1.807) is 6.08 Å². The second-order valence-corrected chi connectivity index (χ2v) is 19.8. The van der Waals surface area contributed by atoms with Crippen molar-refractivity contribution in [3.8, 4) is 0 Å². The van der Waals surface area contributed by atoms with Crippen molar-refractivity contribution in [2.24, 2.45) is 0 Å². The first-order valence-corrected chi connectivity index (χ1v) is 27.4. The van der Waals surface area contributed by atoms with Crippen molar-refractivity contribution in [1.82, 2.24) is 9.55 Å². The highest BCUT2D eigenvalue weighted by Gasteiger charge is 2.46. The van der Waals surface area contributed by atoms with Crippen LogP contribution < -0.4 is 11.4 Å². The van der Waals surface area contributed by atoms with Gasteiger partial charge in [0, 0.05) is 19.0 Å². The molecule has 1 aromatic rings. The van der Waals surface area contributed by atoms with Crippen molar-refractivity contribution in [2.75, 3.05) is 25.6 Å². The third kappa shape index (κ3) is 29.4. The lowest BCUT2D eigenvalue weighted by molar-refractivity contribution is -0.161. The van der Waals surface area contributed by atoms with Gasteiger partial charge in [-0.2, -0.15) is 9.29 Å². The van der Waals surface area contributed by atoms with E-state index in [1.807, 2.05) is 36.5 Å². The number of aliphatic hydroxyl groups is 3. The van der Waals surface area contributed by atoms with E-state index in [9.17, 15) is 48.6 Å². The molecule has 0 saturated carbocycles. The predicted molar refractivity (Wildman–Crippen MR) is 262 cm³/mol. The van der Waals surface area contributed by atoms with Gasteiger partial charge in [-0.1, -0.05) is 126 Å². The van der Waals surface area contributed by atoms with Gasteiger partial charge in [0.1, 0.15) is 30.7 Å². The third-order valence-electron chi connectivity index (χ3n) is 10.7. The first-order valence-electron chi connectivity index (χ1n) is 24.4. The minimum absolute atomic E-state index is 0.0131. The number of hydrogen-bond donors (Lipinski definition) is 6. The lowest BCUT2D eigenvalue weighted by Gasteiger charge is -2.21. The maximum atomic E-state index is 12.8. The molecule has 392 valence electrons. The molecule has 1 aromatic heterocycles. The molecule has 0 amide bonds. The second-order valence-electron chi connectivity index (χ2n) is 16.8. The third-order valence-corrected chi connectivity index (χ3v) is 13.3. The summed E-state index contributed by atoms with van der Waals surface area (Å²) in [5, 5.41) is 31.0. The normalized spacial score (nSPS) is 20.3. The molecule has 19 nitrogen and oxygen atoms in total. The van der Waals surface area contributed by atoms with Crippen molar-refractivity contribution in [3.63, 3.8) is 0 Å². The Kier molecular flexibility index (Phi) is 32.4. The number of ether oxygens (including phenoxy) is 3. The van der Waals surface area contributed by atoms with Crippen LogP contribution in [0.1, 0.15) is 155 Å². The summed E-state index contributed by atoms with van der Waals surface area (Å²) >= 11 is 0. The molecule has 0 bridgehead atoms. The largest absolute Gasteiger partial charge is 0.481 e. The summed E-state index contributed by atoms with van der Waals surface area (Å²) in [7, 11) is -10.9. The minimum Gasteiger partial charge on any atom is -0.462 e. The van der Waals surface area contributed by atoms with E-state index in [-0.39, 0.29) is 18.7 Å². The highest BCUT2D eigenvalue weighted by molar-refractivity contribution is 7.61. The SMILES string of the molecule is CCCCC/C=C\C=C/[C@@H](O)C/C=C\C/C=C/CCCC(=O)OC[C@H](COP(=O)(O)OP(=O)(O)OC[C@H]1O[C@@H](n2ccc(N)nc2=O)[C@H](O)[C@@H]1O)OC(=O)CCCCCCC/C=C\CCCCCC. The van der Waals surface area contributed by atoms with E-state index in [0.29, 0.717) is 32.1 Å². The van der Waals surface area contributed by atoms with Gasteiger partial charge in [0.25, 0.3) is 0 Å². The lowest BCUT2D eigenvalue weighted by atomic mass is 10.1. The predicted octanol–water partition coefficient (Wildman–Crippen LogP) is 8.52. The summed E-state index contributed by atoms with van der Waals surface area (Å²) in [6.07, 6.45) is 30.5. The van der Waals surface area contributed by atoms with Crippen molar-refractivity contribution in [1.29, 1.82) is 0 Å². The fourth-order valence-electron chi connectivity index (χ4n) is 6.79. The topological polar surface area (TPSA) is 286 Å². The molecule has 1 aliphatic heterocycles. The van der Waals surface area contributed by atoms with Crippen LogP contribution in [0.5, 0.6) is 0 Å². The zero-order valence-corrected chi connectivity index (χ0v) is 42.2. The van der Waals surface area contributed by atoms with Crippen LogP contribution in [0, 0.1) is 0 Å². The Bertz CT molecular complexity index is 1910. The maximum absolute atomic E-state index is 12.8. The first-order chi connectivity index (χ1) is 33.1. The van der Waals surface area contributed by atoms with E-state index in [2.05, 4.69) is 41.4 Å². The second kappa shape index (κ2) is 36.4. The van der Waals surface area contributed by atoms with E-state index in [4.69, 9.17) is 29.0 Å². The standard InChI is InChI=1S/C48H79N3O16P2/c1-3-5-7-9-11-12-13-14-15-16-20-25-29-33-44(54)65-40(36-62-43(53)32-28-24-21-17-19-23-27-31-39(52)30-26-22-18-10-8-6-4-2)37-63-68(58,59)67-69(60,61)64-38-41-45(55)46(56)47(66-41)51-35-34-42(49)50-48(51)57/h12-13,17-18,21-23,26-27,30,34-35,39-41,45-47,52,55-56H,3-11,14-16,19-20,24-25,28-29,31-33,36-38H2,1-2H3,(H,58,59)(H,60,61)(H2,49,50,57)/b13-12-,21-17+,22-18-,27-23-,30-26-/t39-,40-,41-,45-,46-,47-/m1/s1. The molecule has 1 saturated heterocycles. The number of allylic oxidation sites excluding steroid dienone is 8. The maximum Gasteiger partial charge on any atom is 0.481 e. The van der Waals surface area contributed by atoms with Crippen molar-refractivity contribution < 1.29 is 71.4 Å². The van der Waals surface area contributed by atoms with Gasteiger partial charge in [0.15, 0.2) is 12.3 Å². The Balaban J connectivity index is 1.86. The zero-order valence-electron chi connectivity index (χ0n) is 40.5. The zero-order chi connectivity index (χ0) is 50.8. The Morgan fingerprint density at radius 3 is 2.09 bits per heavy atom. The number of phosphoric ester groups is 2. The van der Waals surface area contributed by atoms with Crippen molar-refractivity contribution in [2.45, 2.75) is 185 Å². The number of phosphoric acid groups is 2. The molecule has 1 aliphatic rings. The Morgan fingerprint density at radius 2 is 1.36 bits per heavy atom. The van der Waals surface area contributed by atoms with Gasteiger partial charge in [0.2, 0.25) is 0 Å². The first kappa shape index (κ1) is 61.5. The molecular weight excluding hydrogens is 936 g/mol. The Morgan fingerprint density at radius 1 is 0.768 bits per heavy atom. The number of aromatic nitrogens is 2. The molecule has 7 N–H and O–H groups in total. The molecule has 2 rings (SSSR count).